The lowest BCUT2D eigenvalue weighted by Crippen LogP contribution is -2.35. The van der Waals surface area contributed by atoms with Crippen molar-refractivity contribution in [2.24, 2.45) is 0 Å². The lowest BCUT2D eigenvalue weighted by molar-refractivity contribution is 0.151. The maximum atomic E-state index is 12.0. The number of hydrogen-bond donors (Lipinski definition) is 2. The second-order valence-corrected chi connectivity index (χ2v) is 7.03. The summed E-state index contributed by atoms with van der Waals surface area (Å²) in [6.07, 6.45) is 1.00. The molecule has 0 fully saturated rings. The van der Waals surface area contributed by atoms with E-state index in [0.29, 0.717) is 25.1 Å². The minimum atomic E-state index is -3.38. The van der Waals surface area contributed by atoms with Crippen LogP contribution in [0.3, 0.4) is 0 Å². The summed E-state index contributed by atoms with van der Waals surface area (Å²) in [6.45, 7) is 0. The van der Waals surface area contributed by atoms with Crippen LogP contribution in [0.5, 0.6) is 0 Å². The van der Waals surface area contributed by atoms with E-state index in [4.69, 9.17) is 11.6 Å². The van der Waals surface area contributed by atoms with Gasteiger partial charge in [-0.2, -0.15) is 0 Å². The van der Waals surface area contributed by atoms with Crippen molar-refractivity contribution in [2.75, 3.05) is 11.6 Å². The molecular formula is C13H18ClNO3S. The van der Waals surface area contributed by atoms with Gasteiger partial charge >= 0.3 is 0 Å². The van der Waals surface area contributed by atoms with E-state index in [9.17, 15) is 13.5 Å². The van der Waals surface area contributed by atoms with Gasteiger partial charge in [0.05, 0.1) is 17.9 Å². The fourth-order valence-corrected chi connectivity index (χ4v) is 3.92. The first-order valence-electron chi connectivity index (χ1n) is 6.35. The smallest absolute Gasteiger partial charge is 0.212 e. The van der Waals surface area contributed by atoms with Crippen LogP contribution in [0.15, 0.2) is 24.3 Å². The monoisotopic (exact) mass is 303 g/mol. The standard InChI is InChI=1S/C13H18ClNO3S/c14-7-3-4-8-19(17,18)15-13-11-6-2-1-5-10(11)9-12(13)16/h1-2,5-6,12-13,15-16H,3-4,7-9H2/t12-,13+/m0/s1. The molecule has 19 heavy (non-hydrogen) atoms. The number of fused-ring (bicyclic) bond motifs is 1. The highest BCUT2D eigenvalue weighted by Gasteiger charge is 2.33. The number of sulfonamides is 1. The quantitative estimate of drug-likeness (QED) is 0.619. The maximum Gasteiger partial charge on any atom is 0.212 e. The highest BCUT2D eigenvalue weighted by atomic mass is 35.5. The van der Waals surface area contributed by atoms with Crippen LogP contribution >= 0.6 is 11.6 Å². The zero-order valence-electron chi connectivity index (χ0n) is 10.5. The molecule has 1 aromatic rings. The van der Waals surface area contributed by atoms with Gasteiger partial charge in [0.25, 0.3) is 0 Å². The average molecular weight is 304 g/mol. The second kappa shape index (κ2) is 6.22. The van der Waals surface area contributed by atoms with E-state index >= 15 is 0 Å². The second-order valence-electron chi connectivity index (χ2n) is 4.78. The molecule has 0 bridgehead atoms. The molecule has 0 heterocycles. The Kier molecular flexibility index (Phi) is 4.84. The molecule has 4 nitrogen and oxygen atoms in total. The summed E-state index contributed by atoms with van der Waals surface area (Å²) in [4.78, 5) is 0. The molecule has 2 rings (SSSR count). The third kappa shape index (κ3) is 3.69. The number of alkyl halides is 1. The first-order valence-corrected chi connectivity index (χ1v) is 8.54. The van der Waals surface area contributed by atoms with E-state index in [2.05, 4.69) is 4.72 Å². The van der Waals surface area contributed by atoms with Gasteiger partial charge < -0.3 is 5.11 Å². The molecule has 0 saturated heterocycles. The van der Waals surface area contributed by atoms with Gasteiger partial charge in [0.2, 0.25) is 10.0 Å². The molecule has 0 amide bonds. The third-order valence-corrected chi connectivity index (χ3v) is 5.01. The Balaban J connectivity index is 2.07. The Morgan fingerprint density at radius 2 is 2.05 bits per heavy atom. The largest absolute Gasteiger partial charge is 0.391 e. The van der Waals surface area contributed by atoms with Crippen LogP contribution < -0.4 is 4.72 Å². The molecule has 2 N–H and O–H groups in total. The number of unbranched alkanes of at least 4 members (excludes halogenated alkanes) is 1. The molecule has 0 aliphatic heterocycles. The molecule has 1 aliphatic carbocycles. The molecule has 0 aromatic heterocycles. The molecule has 0 radical (unpaired) electrons. The Morgan fingerprint density at radius 1 is 1.32 bits per heavy atom. The summed E-state index contributed by atoms with van der Waals surface area (Å²) in [6, 6.07) is 6.99. The van der Waals surface area contributed by atoms with Crippen molar-refractivity contribution in [1.82, 2.24) is 4.72 Å². The normalized spacial score (nSPS) is 22.4. The van der Waals surface area contributed by atoms with Crippen molar-refractivity contribution in [1.29, 1.82) is 0 Å². The van der Waals surface area contributed by atoms with Crippen LogP contribution in [-0.2, 0) is 16.4 Å². The van der Waals surface area contributed by atoms with Crippen LogP contribution in [0.2, 0.25) is 0 Å². The summed E-state index contributed by atoms with van der Waals surface area (Å²) in [5.41, 5.74) is 1.87. The predicted molar refractivity (Wildman–Crippen MR) is 75.8 cm³/mol. The molecule has 1 aromatic carbocycles. The highest BCUT2D eigenvalue weighted by Crippen LogP contribution is 2.31. The van der Waals surface area contributed by atoms with Crippen molar-refractivity contribution < 1.29 is 13.5 Å². The zero-order chi connectivity index (χ0) is 13.9. The topological polar surface area (TPSA) is 66.4 Å². The fourth-order valence-electron chi connectivity index (χ4n) is 2.35. The predicted octanol–water partition coefficient (Wildman–Crippen LogP) is 1.58. The first-order chi connectivity index (χ1) is 9.03. The lowest BCUT2D eigenvalue weighted by Gasteiger charge is -2.17. The van der Waals surface area contributed by atoms with Crippen LogP contribution in [0.4, 0.5) is 0 Å². The lowest BCUT2D eigenvalue weighted by atomic mass is 10.1. The van der Waals surface area contributed by atoms with Crippen molar-refractivity contribution in [3.8, 4) is 0 Å². The molecule has 0 unspecified atom stereocenters. The van der Waals surface area contributed by atoms with Crippen molar-refractivity contribution in [2.45, 2.75) is 31.4 Å². The third-order valence-electron chi connectivity index (χ3n) is 3.31. The van der Waals surface area contributed by atoms with Crippen LogP contribution in [-0.4, -0.2) is 31.3 Å². The van der Waals surface area contributed by atoms with Gasteiger partial charge in [-0.25, -0.2) is 13.1 Å². The minimum absolute atomic E-state index is 0.0467. The Morgan fingerprint density at radius 3 is 2.79 bits per heavy atom. The van der Waals surface area contributed by atoms with Gasteiger partial charge in [0, 0.05) is 12.3 Å². The van der Waals surface area contributed by atoms with E-state index in [1.807, 2.05) is 24.3 Å². The molecule has 0 spiro atoms. The molecule has 106 valence electrons. The maximum absolute atomic E-state index is 12.0. The van der Waals surface area contributed by atoms with Crippen LogP contribution in [0.1, 0.15) is 30.0 Å². The summed E-state index contributed by atoms with van der Waals surface area (Å²) in [5, 5.41) is 10.00. The molecule has 2 atom stereocenters. The fraction of sp³-hybridized carbons (Fsp3) is 0.538. The zero-order valence-corrected chi connectivity index (χ0v) is 12.1. The number of hydrogen-bond acceptors (Lipinski definition) is 3. The van der Waals surface area contributed by atoms with E-state index in [1.165, 1.54) is 0 Å². The molecule has 1 aliphatic rings. The molecule has 0 saturated carbocycles. The van der Waals surface area contributed by atoms with E-state index in [-0.39, 0.29) is 5.75 Å². The number of rotatable bonds is 6. The summed E-state index contributed by atoms with van der Waals surface area (Å²) < 4.78 is 26.5. The van der Waals surface area contributed by atoms with Gasteiger partial charge in [-0.1, -0.05) is 24.3 Å². The number of benzene rings is 1. The number of aliphatic hydroxyl groups excluding tert-OH is 1. The summed E-state index contributed by atoms with van der Waals surface area (Å²) in [7, 11) is -3.38. The first kappa shape index (κ1) is 14.8. The Labute approximate surface area is 118 Å². The molecular weight excluding hydrogens is 286 g/mol. The molecule has 6 heteroatoms. The van der Waals surface area contributed by atoms with Gasteiger partial charge in [0.1, 0.15) is 0 Å². The van der Waals surface area contributed by atoms with Gasteiger partial charge in [0.15, 0.2) is 0 Å². The van der Waals surface area contributed by atoms with Gasteiger partial charge in [-0.15, -0.1) is 11.6 Å². The van der Waals surface area contributed by atoms with Crippen molar-refractivity contribution >= 4 is 21.6 Å². The van der Waals surface area contributed by atoms with E-state index < -0.39 is 22.2 Å². The van der Waals surface area contributed by atoms with Gasteiger partial charge in [-0.3, -0.25) is 0 Å². The van der Waals surface area contributed by atoms with Crippen molar-refractivity contribution in [3.05, 3.63) is 35.4 Å². The Bertz CT molecular complexity index is 532. The number of halogens is 1. The van der Waals surface area contributed by atoms with Crippen LogP contribution in [0, 0.1) is 0 Å². The number of nitrogens with one attached hydrogen (secondary N) is 1. The van der Waals surface area contributed by atoms with E-state index in [0.717, 1.165) is 11.1 Å². The summed E-state index contributed by atoms with van der Waals surface area (Å²) in [5.74, 6) is 0.509. The average Bonchev–Trinajstić information content (AvgIpc) is 2.66. The van der Waals surface area contributed by atoms with E-state index in [1.54, 1.807) is 0 Å². The highest BCUT2D eigenvalue weighted by molar-refractivity contribution is 7.89. The van der Waals surface area contributed by atoms with Crippen molar-refractivity contribution in [3.63, 3.8) is 0 Å². The minimum Gasteiger partial charge on any atom is -0.391 e. The van der Waals surface area contributed by atoms with Crippen LogP contribution in [0.25, 0.3) is 0 Å². The number of aliphatic hydroxyl groups is 1. The Hall–Kier alpha value is -0.620. The summed E-state index contributed by atoms with van der Waals surface area (Å²) >= 11 is 5.54. The SMILES string of the molecule is O=S(=O)(CCCCCl)N[C@@H]1c2ccccc2C[C@@H]1O. The van der Waals surface area contributed by atoms with Gasteiger partial charge in [-0.05, 0) is 24.0 Å².